The summed E-state index contributed by atoms with van der Waals surface area (Å²) in [4.78, 5) is 12.0. The van der Waals surface area contributed by atoms with Gasteiger partial charge in [0.15, 0.2) is 0 Å². The van der Waals surface area contributed by atoms with Gasteiger partial charge in [0.25, 0.3) is 0 Å². The van der Waals surface area contributed by atoms with Gasteiger partial charge in [0, 0.05) is 17.5 Å². The van der Waals surface area contributed by atoms with Gasteiger partial charge in [-0.05, 0) is 31.8 Å². The molecule has 0 amide bonds. The Bertz CT molecular complexity index is 469. The number of halogens is 1. The van der Waals surface area contributed by atoms with Crippen molar-refractivity contribution in [3.8, 4) is 0 Å². The lowest BCUT2D eigenvalue weighted by atomic mass is 10.2. The van der Waals surface area contributed by atoms with Crippen LogP contribution < -0.4 is 0 Å². The summed E-state index contributed by atoms with van der Waals surface area (Å²) in [6.45, 7) is 3.01. The van der Waals surface area contributed by atoms with Crippen molar-refractivity contribution in [3.63, 3.8) is 0 Å². The highest BCUT2D eigenvalue weighted by atomic mass is 35.5. The van der Waals surface area contributed by atoms with Gasteiger partial charge in [0.2, 0.25) is 0 Å². The third-order valence-electron chi connectivity index (χ3n) is 2.91. The van der Waals surface area contributed by atoms with Crippen molar-refractivity contribution in [3.05, 3.63) is 45.6 Å². The molecule has 0 fully saturated rings. The highest BCUT2D eigenvalue weighted by molar-refractivity contribution is 7.09. The van der Waals surface area contributed by atoms with E-state index in [0.717, 1.165) is 18.7 Å². The van der Waals surface area contributed by atoms with E-state index in [1.807, 2.05) is 0 Å². The topological polar surface area (TPSA) is 29.0 Å². The molecule has 0 saturated carbocycles. The number of hydrogen-bond donors (Lipinski definition) is 0. The zero-order chi connectivity index (χ0) is 13.0. The Kier molecular flexibility index (Phi) is 4.69. The number of hydrogen-bond acceptors (Lipinski definition) is 4. The van der Waals surface area contributed by atoms with E-state index in [0.29, 0.717) is 11.2 Å². The maximum absolute atomic E-state index is 5.72. The van der Waals surface area contributed by atoms with Gasteiger partial charge in [-0.25, -0.2) is 4.98 Å². The number of rotatable bonds is 5. The molecule has 0 radical (unpaired) electrons. The van der Waals surface area contributed by atoms with Gasteiger partial charge >= 0.3 is 0 Å². The molecule has 18 heavy (non-hydrogen) atoms. The molecule has 0 N–H and O–H groups in total. The van der Waals surface area contributed by atoms with Crippen molar-refractivity contribution in [2.24, 2.45) is 0 Å². The molecule has 0 spiro atoms. The minimum Gasteiger partial charge on any atom is -0.297 e. The standard InChI is InChI=1S/C13H16ClN3S/c1-10(6-12-4-3-5-18-12)17(2)9-11-7-16-13(14)8-15-11/h3-5,7-8,10H,6,9H2,1-2H3. The molecule has 2 rings (SSSR count). The van der Waals surface area contributed by atoms with Crippen LogP contribution in [0.3, 0.4) is 0 Å². The maximum Gasteiger partial charge on any atom is 0.147 e. The van der Waals surface area contributed by atoms with Crippen molar-refractivity contribution < 1.29 is 0 Å². The zero-order valence-corrected chi connectivity index (χ0v) is 12.1. The van der Waals surface area contributed by atoms with Gasteiger partial charge in [-0.2, -0.15) is 0 Å². The monoisotopic (exact) mass is 281 g/mol. The van der Waals surface area contributed by atoms with E-state index in [1.165, 1.54) is 4.88 Å². The first-order chi connectivity index (χ1) is 8.65. The third-order valence-corrected chi connectivity index (χ3v) is 4.01. The summed E-state index contributed by atoms with van der Waals surface area (Å²) in [5.41, 5.74) is 0.944. The summed E-state index contributed by atoms with van der Waals surface area (Å²) in [7, 11) is 2.11. The molecular formula is C13H16ClN3S. The first-order valence-electron chi connectivity index (χ1n) is 5.84. The molecule has 3 nitrogen and oxygen atoms in total. The van der Waals surface area contributed by atoms with E-state index in [4.69, 9.17) is 11.6 Å². The van der Waals surface area contributed by atoms with Gasteiger partial charge in [0.1, 0.15) is 5.15 Å². The summed E-state index contributed by atoms with van der Waals surface area (Å²) in [5, 5.41) is 2.56. The molecule has 0 bridgehead atoms. The van der Waals surface area contributed by atoms with E-state index in [-0.39, 0.29) is 0 Å². The second kappa shape index (κ2) is 6.27. The van der Waals surface area contributed by atoms with Crippen molar-refractivity contribution in [1.82, 2.24) is 14.9 Å². The fourth-order valence-electron chi connectivity index (χ4n) is 1.71. The predicted octanol–water partition coefficient (Wildman–Crippen LogP) is 3.25. The van der Waals surface area contributed by atoms with E-state index >= 15 is 0 Å². The summed E-state index contributed by atoms with van der Waals surface area (Å²) in [6.07, 6.45) is 4.39. The first-order valence-corrected chi connectivity index (χ1v) is 7.10. The van der Waals surface area contributed by atoms with Gasteiger partial charge < -0.3 is 0 Å². The normalized spacial score (nSPS) is 12.9. The second-order valence-electron chi connectivity index (χ2n) is 4.38. The Morgan fingerprint density at radius 1 is 1.39 bits per heavy atom. The SMILES string of the molecule is CC(Cc1cccs1)N(C)Cc1cnc(Cl)cn1. The summed E-state index contributed by atoms with van der Waals surface area (Å²) in [6, 6.07) is 4.75. The van der Waals surface area contributed by atoms with Gasteiger partial charge in [-0.3, -0.25) is 9.88 Å². The third kappa shape index (κ3) is 3.77. The minimum absolute atomic E-state index is 0.438. The Hall–Kier alpha value is -0.970. The van der Waals surface area contributed by atoms with Gasteiger partial charge in [0.05, 0.1) is 18.1 Å². The van der Waals surface area contributed by atoms with Crippen molar-refractivity contribution in [1.29, 1.82) is 0 Å². The largest absolute Gasteiger partial charge is 0.297 e. The van der Waals surface area contributed by atoms with Crippen molar-refractivity contribution >= 4 is 22.9 Å². The van der Waals surface area contributed by atoms with Crippen LogP contribution in [0.4, 0.5) is 0 Å². The van der Waals surface area contributed by atoms with Crippen molar-refractivity contribution in [2.75, 3.05) is 7.05 Å². The van der Waals surface area contributed by atoms with E-state index in [9.17, 15) is 0 Å². The molecule has 0 aliphatic heterocycles. The first kappa shape index (κ1) is 13.5. The Balaban J connectivity index is 1.90. The van der Waals surface area contributed by atoms with Crippen LogP contribution in [-0.4, -0.2) is 28.0 Å². The fraction of sp³-hybridized carbons (Fsp3) is 0.385. The van der Waals surface area contributed by atoms with Crippen LogP contribution in [0.5, 0.6) is 0 Å². The summed E-state index contributed by atoms with van der Waals surface area (Å²) in [5.74, 6) is 0. The number of nitrogens with zero attached hydrogens (tertiary/aromatic N) is 3. The summed E-state index contributed by atoms with van der Waals surface area (Å²) >= 11 is 7.52. The fourth-order valence-corrected chi connectivity index (χ4v) is 2.63. The molecule has 1 atom stereocenters. The summed E-state index contributed by atoms with van der Waals surface area (Å²) < 4.78 is 0. The van der Waals surface area contributed by atoms with Crippen LogP contribution in [0.2, 0.25) is 5.15 Å². The van der Waals surface area contributed by atoms with Crippen LogP contribution in [0.1, 0.15) is 17.5 Å². The minimum atomic E-state index is 0.438. The average Bonchev–Trinajstić information content (AvgIpc) is 2.85. The molecule has 0 saturated heterocycles. The van der Waals surface area contributed by atoms with E-state index in [2.05, 4.69) is 46.4 Å². The maximum atomic E-state index is 5.72. The molecule has 2 aromatic heterocycles. The quantitative estimate of drug-likeness (QED) is 0.842. The smallest absolute Gasteiger partial charge is 0.147 e. The average molecular weight is 282 g/mol. The molecule has 96 valence electrons. The van der Waals surface area contributed by atoms with Crippen LogP contribution >= 0.6 is 22.9 Å². The molecule has 5 heteroatoms. The number of thiophene rings is 1. The molecule has 1 unspecified atom stereocenters. The van der Waals surface area contributed by atoms with E-state index in [1.54, 1.807) is 23.7 Å². The van der Waals surface area contributed by atoms with Crippen LogP contribution in [0.25, 0.3) is 0 Å². The lowest BCUT2D eigenvalue weighted by molar-refractivity contribution is 0.246. The van der Waals surface area contributed by atoms with Crippen LogP contribution in [0, 0.1) is 0 Å². The van der Waals surface area contributed by atoms with Gasteiger partial charge in [-0.15, -0.1) is 11.3 Å². The molecule has 0 aromatic carbocycles. The highest BCUT2D eigenvalue weighted by Gasteiger charge is 2.11. The molecule has 2 aromatic rings. The van der Waals surface area contributed by atoms with Crippen molar-refractivity contribution in [2.45, 2.75) is 25.9 Å². The second-order valence-corrected chi connectivity index (χ2v) is 5.80. The Morgan fingerprint density at radius 3 is 2.83 bits per heavy atom. The predicted molar refractivity (Wildman–Crippen MR) is 76.0 cm³/mol. The molecule has 0 aliphatic carbocycles. The number of likely N-dealkylation sites (N-methyl/N-ethyl adjacent to an activating group) is 1. The van der Waals surface area contributed by atoms with E-state index < -0.39 is 0 Å². The molecule has 0 aliphatic rings. The molecule has 2 heterocycles. The van der Waals surface area contributed by atoms with Gasteiger partial charge in [-0.1, -0.05) is 17.7 Å². The highest BCUT2D eigenvalue weighted by Crippen LogP contribution is 2.14. The molecular weight excluding hydrogens is 266 g/mol. The number of aromatic nitrogens is 2. The Labute approximate surface area is 116 Å². The zero-order valence-electron chi connectivity index (χ0n) is 10.5. The Morgan fingerprint density at radius 2 is 2.22 bits per heavy atom. The van der Waals surface area contributed by atoms with Crippen LogP contribution in [-0.2, 0) is 13.0 Å². The lowest BCUT2D eigenvalue weighted by Crippen LogP contribution is -2.30. The van der Waals surface area contributed by atoms with Crippen LogP contribution in [0.15, 0.2) is 29.9 Å². The lowest BCUT2D eigenvalue weighted by Gasteiger charge is -2.23.